The molecule has 0 unspecified atom stereocenters. The fourth-order valence-electron chi connectivity index (χ4n) is 2.87. The van der Waals surface area contributed by atoms with Crippen molar-refractivity contribution >= 4 is 0 Å². The molecular weight excluding hydrogens is 244 g/mol. The molecule has 2 rings (SSSR count). The lowest BCUT2D eigenvalue weighted by Gasteiger charge is -2.30. The molecule has 1 aliphatic carbocycles. The summed E-state index contributed by atoms with van der Waals surface area (Å²) in [5, 5.41) is 3.04. The van der Waals surface area contributed by atoms with Gasteiger partial charge in [-0.3, -0.25) is 0 Å². The predicted molar refractivity (Wildman–Crippen MR) is 74.4 cm³/mol. The average molecular weight is 267 g/mol. The summed E-state index contributed by atoms with van der Waals surface area (Å²) in [6, 6.07) is 8.24. The monoisotopic (exact) mass is 267 g/mol. The Kier molecular flexibility index (Phi) is 4.92. The lowest BCUT2D eigenvalue weighted by Crippen LogP contribution is -2.40. The Morgan fingerprint density at radius 3 is 2.42 bits per heavy atom. The molecule has 0 amide bonds. The number of nitrogens with one attached hydrogen (secondary N) is 1. The van der Waals surface area contributed by atoms with E-state index in [0.717, 1.165) is 0 Å². The lowest BCUT2D eigenvalue weighted by atomic mass is 9.84. The molecule has 0 aliphatic heterocycles. The molecule has 1 fully saturated rings. The highest BCUT2D eigenvalue weighted by atomic mass is 19.3. The lowest BCUT2D eigenvalue weighted by molar-refractivity contribution is -0.00751. The van der Waals surface area contributed by atoms with Crippen molar-refractivity contribution in [2.24, 2.45) is 5.92 Å². The maximum atomic E-state index is 14.0. The first-order valence-corrected chi connectivity index (χ1v) is 7.26. The first-order chi connectivity index (χ1) is 9.09. The summed E-state index contributed by atoms with van der Waals surface area (Å²) in [7, 11) is 0. The van der Waals surface area contributed by atoms with Crippen molar-refractivity contribution in [2.75, 3.05) is 6.54 Å². The van der Waals surface area contributed by atoms with Crippen LogP contribution in [0, 0.1) is 5.92 Å². The second-order valence-corrected chi connectivity index (χ2v) is 5.64. The molecular formula is C16H23F2N. The van der Waals surface area contributed by atoms with Gasteiger partial charge in [0.05, 0.1) is 6.54 Å². The van der Waals surface area contributed by atoms with Gasteiger partial charge in [-0.2, -0.15) is 8.78 Å². The largest absolute Gasteiger partial charge is 0.308 e. The van der Waals surface area contributed by atoms with Crippen molar-refractivity contribution in [2.45, 2.75) is 51.0 Å². The molecule has 1 nitrogen and oxygen atoms in total. The maximum Gasteiger partial charge on any atom is 0.285 e. The number of benzene rings is 1. The Morgan fingerprint density at radius 2 is 1.79 bits per heavy atom. The van der Waals surface area contributed by atoms with Gasteiger partial charge in [-0.15, -0.1) is 0 Å². The van der Waals surface area contributed by atoms with E-state index in [2.05, 4.69) is 5.32 Å². The number of alkyl halides is 2. The van der Waals surface area contributed by atoms with Crippen LogP contribution in [0.3, 0.4) is 0 Å². The number of hydrogen-bond acceptors (Lipinski definition) is 1. The van der Waals surface area contributed by atoms with Gasteiger partial charge >= 0.3 is 0 Å². The van der Waals surface area contributed by atoms with Crippen molar-refractivity contribution in [3.63, 3.8) is 0 Å². The zero-order chi connectivity index (χ0) is 13.7. The molecule has 1 N–H and O–H groups in total. The fraction of sp³-hybridized carbons (Fsp3) is 0.625. The molecule has 0 heterocycles. The van der Waals surface area contributed by atoms with Crippen LogP contribution in [0.4, 0.5) is 8.78 Å². The zero-order valence-corrected chi connectivity index (χ0v) is 11.5. The van der Waals surface area contributed by atoms with Gasteiger partial charge in [0, 0.05) is 11.6 Å². The summed E-state index contributed by atoms with van der Waals surface area (Å²) in [4.78, 5) is 0. The fourth-order valence-corrected chi connectivity index (χ4v) is 2.87. The summed E-state index contributed by atoms with van der Waals surface area (Å²) in [6.45, 7) is 1.77. The number of halogens is 2. The molecule has 0 spiro atoms. The van der Waals surface area contributed by atoms with E-state index in [0.29, 0.717) is 5.92 Å². The van der Waals surface area contributed by atoms with Crippen LogP contribution in [0.15, 0.2) is 30.3 Å². The van der Waals surface area contributed by atoms with Gasteiger partial charge in [-0.25, -0.2) is 0 Å². The third-order valence-electron chi connectivity index (χ3n) is 4.20. The molecule has 0 bridgehead atoms. The summed E-state index contributed by atoms with van der Waals surface area (Å²) >= 11 is 0. The minimum Gasteiger partial charge on any atom is -0.308 e. The van der Waals surface area contributed by atoms with E-state index >= 15 is 0 Å². The van der Waals surface area contributed by atoms with E-state index in [1.165, 1.54) is 44.2 Å². The first kappa shape index (κ1) is 14.4. The van der Waals surface area contributed by atoms with Gasteiger partial charge in [0.15, 0.2) is 0 Å². The summed E-state index contributed by atoms with van der Waals surface area (Å²) in [5.41, 5.74) is 0.0957. The molecule has 3 heteroatoms. The van der Waals surface area contributed by atoms with Gasteiger partial charge < -0.3 is 5.32 Å². The molecule has 106 valence electrons. The summed E-state index contributed by atoms with van der Waals surface area (Å²) in [5.74, 6) is -2.23. The highest BCUT2D eigenvalue weighted by Crippen LogP contribution is 2.29. The van der Waals surface area contributed by atoms with Crippen LogP contribution in [0.5, 0.6) is 0 Å². The van der Waals surface area contributed by atoms with Crippen LogP contribution in [-0.2, 0) is 5.92 Å². The van der Waals surface area contributed by atoms with Gasteiger partial charge in [-0.05, 0) is 25.7 Å². The zero-order valence-electron chi connectivity index (χ0n) is 11.5. The second kappa shape index (κ2) is 6.47. The van der Waals surface area contributed by atoms with Crippen molar-refractivity contribution in [1.29, 1.82) is 0 Å². The van der Waals surface area contributed by atoms with Crippen LogP contribution in [0.25, 0.3) is 0 Å². The van der Waals surface area contributed by atoms with Crippen molar-refractivity contribution in [1.82, 2.24) is 5.32 Å². The smallest absolute Gasteiger partial charge is 0.285 e. The standard InChI is InChI=1S/C16H23F2N/c1-13(14-8-4-2-5-9-14)19-12-16(17,18)15-10-6-3-7-11-15/h3,6-7,10-11,13-14,19H,2,4-5,8-9,12H2,1H3/t13-/m0/s1. The predicted octanol–water partition coefficient (Wildman–Crippen LogP) is 4.34. The Hall–Kier alpha value is -0.960. The first-order valence-electron chi connectivity index (χ1n) is 7.26. The number of rotatable bonds is 5. The minimum atomic E-state index is -2.79. The SMILES string of the molecule is C[C@H](NCC(F)(F)c1ccccc1)C1CCCCC1. The van der Waals surface area contributed by atoms with Crippen molar-refractivity contribution in [3.05, 3.63) is 35.9 Å². The van der Waals surface area contributed by atoms with E-state index in [-0.39, 0.29) is 18.2 Å². The van der Waals surface area contributed by atoms with Crippen molar-refractivity contribution in [3.8, 4) is 0 Å². The van der Waals surface area contributed by atoms with Crippen LogP contribution in [0.2, 0.25) is 0 Å². The molecule has 0 aromatic heterocycles. The Labute approximate surface area is 114 Å². The highest BCUT2D eigenvalue weighted by molar-refractivity contribution is 5.20. The minimum absolute atomic E-state index is 0.0957. The molecule has 1 aromatic rings. The van der Waals surface area contributed by atoms with E-state index in [1.807, 2.05) is 6.92 Å². The second-order valence-electron chi connectivity index (χ2n) is 5.64. The third kappa shape index (κ3) is 4.00. The number of hydrogen-bond donors (Lipinski definition) is 1. The van der Waals surface area contributed by atoms with Gasteiger partial charge in [0.25, 0.3) is 5.92 Å². The molecule has 1 saturated carbocycles. The molecule has 1 aliphatic rings. The summed E-state index contributed by atoms with van der Waals surface area (Å²) in [6.07, 6.45) is 6.12. The van der Waals surface area contributed by atoms with E-state index in [9.17, 15) is 8.78 Å². The average Bonchev–Trinajstić information content (AvgIpc) is 2.47. The quantitative estimate of drug-likeness (QED) is 0.837. The molecule has 19 heavy (non-hydrogen) atoms. The van der Waals surface area contributed by atoms with Crippen LogP contribution >= 0.6 is 0 Å². The third-order valence-corrected chi connectivity index (χ3v) is 4.20. The van der Waals surface area contributed by atoms with E-state index < -0.39 is 5.92 Å². The van der Waals surface area contributed by atoms with E-state index in [4.69, 9.17) is 0 Å². The normalized spacial score (nSPS) is 19.3. The molecule has 1 atom stereocenters. The highest BCUT2D eigenvalue weighted by Gasteiger charge is 2.32. The molecule has 0 saturated heterocycles. The summed E-state index contributed by atoms with van der Waals surface area (Å²) < 4.78 is 28.0. The maximum absolute atomic E-state index is 14.0. The van der Waals surface area contributed by atoms with Crippen LogP contribution in [-0.4, -0.2) is 12.6 Å². The Bertz CT molecular complexity index is 372. The molecule has 1 aromatic carbocycles. The van der Waals surface area contributed by atoms with E-state index in [1.54, 1.807) is 18.2 Å². The van der Waals surface area contributed by atoms with Gasteiger partial charge in [0.1, 0.15) is 0 Å². The van der Waals surface area contributed by atoms with Crippen LogP contribution in [0.1, 0.15) is 44.6 Å². The molecule has 0 radical (unpaired) electrons. The van der Waals surface area contributed by atoms with Crippen LogP contribution < -0.4 is 5.32 Å². The van der Waals surface area contributed by atoms with Gasteiger partial charge in [-0.1, -0.05) is 49.6 Å². The topological polar surface area (TPSA) is 12.0 Å². The van der Waals surface area contributed by atoms with Crippen molar-refractivity contribution < 1.29 is 8.78 Å². The Morgan fingerprint density at radius 1 is 1.16 bits per heavy atom. The van der Waals surface area contributed by atoms with Gasteiger partial charge in [0.2, 0.25) is 0 Å². The Balaban J connectivity index is 1.86.